The minimum Gasteiger partial charge on any atom is -0.393 e. The Morgan fingerprint density at radius 2 is 2.20 bits per heavy atom. The molecule has 0 spiro atoms. The number of ether oxygens (including phenoxy) is 1. The van der Waals surface area contributed by atoms with E-state index in [4.69, 9.17) is 4.74 Å². The number of aryl methyl sites for hydroxylation is 1. The molecule has 0 saturated carbocycles. The Bertz CT molecular complexity index is 691. The van der Waals surface area contributed by atoms with Crippen LogP contribution in [0.1, 0.15) is 24.5 Å². The van der Waals surface area contributed by atoms with Crippen molar-refractivity contribution in [3.05, 3.63) is 53.6 Å². The zero-order valence-electron chi connectivity index (χ0n) is 14.7. The third kappa shape index (κ3) is 4.45. The van der Waals surface area contributed by atoms with E-state index in [1.807, 2.05) is 16.9 Å². The summed E-state index contributed by atoms with van der Waals surface area (Å²) < 4.78 is 21.9. The maximum Gasteiger partial charge on any atom is 0.126 e. The Hall–Kier alpha value is -1.76. The summed E-state index contributed by atoms with van der Waals surface area (Å²) in [5, 5.41) is 14.3. The van der Waals surface area contributed by atoms with Gasteiger partial charge in [0.1, 0.15) is 11.4 Å². The number of aromatic nitrogens is 2. The van der Waals surface area contributed by atoms with Gasteiger partial charge >= 0.3 is 0 Å². The van der Waals surface area contributed by atoms with Gasteiger partial charge in [-0.15, -0.1) is 0 Å². The standard InChI is InChI=1S/C19H26FN3O2/c1-2-7-23-13-16(11-21-23)12-22-8-9-25-19(14-22,15-24)10-17-5-3-4-6-18(17)20/h3-6,11,13,24H,2,7-10,12,14-15H2,1H3. The fourth-order valence-electron chi connectivity index (χ4n) is 3.40. The third-order valence-electron chi connectivity index (χ3n) is 4.63. The summed E-state index contributed by atoms with van der Waals surface area (Å²) in [6.07, 6.45) is 5.37. The van der Waals surface area contributed by atoms with Gasteiger partial charge in [-0.3, -0.25) is 9.58 Å². The van der Waals surface area contributed by atoms with Gasteiger partial charge in [0.05, 0.1) is 19.4 Å². The molecular weight excluding hydrogens is 321 g/mol. The molecule has 1 fully saturated rings. The van der Waals surface area contributed by atoms with Gasteiger partial charge in [0.2, 0.25) is 0 Å². The van der Waals surface area contributed by atoms with Crippen LogP contribution in [-0.2, 0) is 24.2 Å². The van der Waals surface area contributed by atoms with Crippen molar-refractivity contribution in [2.75, 3.05) is 26.3 Å². The number of hydrogen-bond acceptors (Lipinski definition) is 4. The van der Waals surface area contributed by atoms with Crippen LogP contribution in [0.4, 0.5) is 4.39 Å². The molecule has 0 radical (unpaired) electrons. The summed E-state index contributed by atoms with van der Waals surface area (Å²) in [4.78, 5) is 2.24. The molecule has 1 aliphatic rings. The van der Waals surface area contributed by atoms with Crippen molar-refractivity contribution in [1.29, 1.82) is 0 Å². The molecule has 5 nitrogen and oxygen atoms in total. The maximum atomic E-state index is 14.0. The van der Waals surface area contributed by atoms with Gasteiger partial charge in [0, 0.05) is 44.4 Å². The summed E-state index contributed by atoms with van der Waals surface area (Å²) in [6, 6.07) is 6.69. The highest BCUT2D eigenvalue weighted by molar-refractivity contribution is 5.20. The summed E-state index contributed by atoms with van der Waals surface area (Å²) in [7, 11) is 0. The van der Waals surface area contributed by atoms with Gasteiger partial charge in [0.15, 0.2) is 0 Å². The van der Waals surface area contributed by atoms with Crippen molar-refractivity contribution in [2.45, 2.75) is 38.5 Å². The maximum absolute atomic E-state index is 14.0. The second-order valence-electron chi connectivity index (χ2n) is 6.78. The summed E-state index contributed by atoms with van der Waals surface area (Å²) >= 11 is 0. The second-order valence-corrected chi connectivity index (χ2v) is 6.78. The zero-order valence-corrected chi connectivity index (χ0v) is 14.7. The minimum absolute atomic E-state index is 0.132. The molecular formula is C19H26FN3O2. The van der Waals surface area contributed by atoms with E-state index in [1.54, 1.807) is 12.1 Å². The van der Waals surface area contributed by atoms with Gasteiger partial charge in [-0.05, 0) is 18.1 Å². The summed E-state index contributed by atoms with van der Waals surface area (Å²) in [5.74, 6) is -0.253. The highest BCUT2D eigenvalue weighted by Gasteiger charge is 2.37. The van der Waals surface area contributed by atoms with Gasteiger partial charge in [-0.2, -0.15) is 5.10 Å². The number of aliphatic hydroxyl groups excluding tert-OH is 1. The van der Waals surface area contributed by atoms with E-state index in [-0.39, 0.29) is 12.4 Å². The molecule has 1 unspecified atom stereocenters. The average Bonchev–Trinajstić information content (AvgIpc) is 3.05. The predicted octanol–water partition coefficient (Wildman–Crippen LogP) is 2.24. The van der Waals surface area contributed by atoms with E-state index in [9.17, 15) is 9.50 Å². The number of nitrogens with zero attached hydrogens (tertiary/aromatic N) is 3. The Labute approximate surface area is 148 Å². The molecule has 1 aromatic carbocycles. The molecule has 0 aliphatic carbocycles. The molecule has 136 valence electrons. The number of halogens is 1. The van der Waals surface area contributed by atoms with Gasteiger partial charge in [-0.1, -0.05) is 25.1 Å². The lowest BCUT2D eigenvalue weighted by Crippen LogP contribution is -2.55. The number of hydrogen-bond donors (Lipinski definition) is 1. The van der Waals surface area contributed by atoms with Crippen molar-refractivity contribution >= 4 is 0 Å². The van der Waals surface area contributed by atoms with Crippen LogP contribution in [0.3, 0.4) is 0 Å². The average molecular weight is 347 g/mol. The number of rotatable bonds is 7. The van der Waals surface area contributed by atoms with Crippen LogP contribution in [-0.4, -0.2) is 51.7 Å². The van der Waals surface area contributed by atoms with Crippen LogP contribution >= 0.6 is 0 Å². The molecule has 25 heavy (non-hydrogen) atoms. The monoisotopic (exact) mass is 347 g/mol. The van der Waals surface area contributed by atoms with Crippen molar-refractivity contribution in [1.82, 2.24) is 14.7 Å². The first-order valence-electron chi connectivity index (χ1n) is 8.86. The minimum atomic E-state index is -0.764. The van der Waals surface area contributed by atoms with Gasteiger partial charge < -0.3 is 9.84 Å². The van der Waals surface area contributed by atoms with E-state index < -0.39 is 5.60 Å². The highest BCUT2D eigenvalue weighted by Crippen LogP contribution is 2.25. The molecule has 2 aromatic rings. The number of morpholine rings is 1. The Kier molecular flexibility index (Phi) is 5.83. The van der Waals surface area contributed by atoms with E-state index in [0.29, 0.717) is 25.1 Å². The third-order valence-corrected chi connectivity index (χ3v) is 4.63. The first kappa shape index (κ1) is 18.0. The fourth-order valence-corrected chi connectivity index (χ4v) is 3.40. The van der Waals surface area contributed by atoms with Crippen LogP contribution in [0.15, 0.2) is 36.7 Å². The van der Waals surface area contributed by atoms with E-state index in [1.165, 1.54) is 6.07 Å². The molecule has 1 aliphatic heterocycles. The summed E-state index contributed by atoms with van der Waals surface area (Å²) in [6.45, 7) is 5.55. The SMILES string of the molecule is CCCn1cc(CN2CCOC(CO)(Cc3ccccc3F)C2)cn1. The highest BCUT2D eigenvalue weighted by atomic mass is 19.1. The topological polar surface area (TPSA) is 50.5 Å². The largest absolute Gasteiger partial charge is 0.393 e. The lowest BCUT2D eigenvalue weighted by atomic mass is 9.92. The smallest absolute Gasteiger partial charge is 0.126 e. The number of aliphatic hydroxyl groups is 1. The fraction of sp³-hybridized carbons (Fsp3) is 0.526. The molecule has 0 bridgehead atoms. The Morgan fingerprint density at radius 3 is 2.96 bits per heavy atom. The Balaban J connectivity index is 1.68. The van der Waals surface area contributed by atoms with Crippen LogP contribution in [0, 0.1) is 5.82 Å². The zero-order chi connectivity index (χ0) is 17.7. The van der Waals surface area contributed by atoms with Crippen LogP contribution in [0.2, 0.25) is 0 Å². The van der Waals surface area contributed by atoms with Gasteiger partial charge in [0.25, 0.3) is 0 Å². The normalized spacial score (nSPS) is 21.6. The Morgan fingerprint density at radius 1 is 1.36 bits per heavy atom. The molecule has 0 amide bonds. The van der Waals surface area contributed by atoms with E-state index in [2.05, 4.69) is 23.1 Å². The van der Waals surface area contributed by atoms with Crippen molar-refractivity contribution in [3.8, 4) is 0 Å². The quantitative estimate of drug-likeness (QED) is 0.835. The lowest BCUT2D eigenvalue weighted by molar-refractivity contribution is -0.134. The number of benzene rings is 1. The molecule has 1 N–H and O–H groups in total. The molecule has 2 heterocycles. The first-order valence-corrected chi connectivity index (χ1v) is 8.86. The molecule has 1 atom stereocenters. The predicted molar refractivity (Wildman–Crippen MR) is 93.7 cm³/mol. The lowest BCUT2D eigenvalue weighted by Gasteiger charge is -2.42. The molecule has 3 rings (SSSR count). The van der Waals surface area contributed by atoms with E-state index >= 15 is 0 Å². The van der Waals surface area contributed by atoms with E-state index in [0.717, 1.165) is 31.6 Å². The summed E-state index contributed by atoms with van der Waals surface area (Å²) in [5.41, 5.74) is 0.960. The van der Waals surface area contributed by atoms with Crippen molar-refractivity contribution < 1.29 is 14.2 Å². The van der Waals surface area contributed by atoms with Crippen molar-refractivity contribution in [2.24, 2.45) is 0 Å². The first-order chi connectivity index (χ1) is 12.1. The van der Waals surface area contributed by atoms with Crippen molar-refractivity contribution in [3.63, 3.8) is 0 Å². The van der Waals surface area contributed by atoms with Gasteiger partial charge in [-0.25, -0.2) is 4.39 Å². The molecule has 6 heteroatoms. The van der Waals surface area contributed by atoms with Crippen LogP contribution in [0.5, 0.6) is 0 Å². The van der Waals surface area contributed by atoms with Crippen LogP contribution in [0.25, 0.3) is 0 Å². The molecule has 1 aromatic heterocycles. The second kappa shape index (κ2) is 8.08. The molecule has 1 saturated heterocycles. The van der Waals surface area contributed by atoms with Crippen LogP contribution < -0.4 is 0 Å².